The SMILES string of the molecule is CO/N=C(\C)c1ccc(C)nc1Cl. The molecule has 0 bridgehead atoms. The zero-order valence-corrected chi connectivity index (χ0v) is 8.59. The third-order valence-corrected chi connectivity index (χ3v) is 1.89. The third kappa shape index (κ3) is 2.42. The highest BCUT2D eigenvalue weighted by Gasteiger charge is 2.05. The Morgan fingerprint density at radius 2 is 2.23 bits per heavy atom. The van der Waals surface area contributed by atoms with E-state index in [1.807, 2.05) is 26.0 Å². The van der Waals surface area contributed by atoms with Crippen molar-refractivity contribution in [1.82, 2.24) is 4.98 Å². The molecule has 0 amide bonds. The number of pyridine rings is 1. The number of oxime groups is 1. The molecule has 0 fully saturated rings. The number of halogens is 1. The molecule has 0 radical (unpaired) electrons. The van der Waals surface area contributed by atoms with E-state index in [9.17, 15) is 0 Å². The zero-order chi connectivity index (χ0) is 9.84. The summed E-state index contributed by atoms with van der Waals surface area (Å²) >= 11 is 5.91. The molecule has 0 spiro atoms. The van der Waals surface area contributed by atoms with Gasteiger partial charge in [-0.15, -0.1) is 0 Å². The fourth-order valence-electron chi connectivity index (χ4n) is 0.981. The first-order valence-corrected chi connectivity index (χ1v) is 4.24. The Bertz CT molecular complexity index is 336. The van der Waals surface area contributed by atoms with Crippen molar-refractivity contribution in [3.8, 4) is 0 Å². The van der Waals surface area contributed by atoms with Crippen LogP contribution in [0.5, 0.6) is 0 Å². The fourth-order valence-corrected chi connectivity index (χ4v) is 1.31. The van der Waals surface area contributed by atoms with Crippen molar-refractivity contribution in [2.24, 2.45) is 5.16 Å². The maximum atomic E-state index is 5.91. The van der Waals surface area contributed by atoms with Gasteiger partial charge in [0.1, 0.15) is 12.3 Å². The summed E-state index contributed by atoms with van der Waals surface area (Å²) in [6.07, 6.45) is 0. The average Bonchev–Trinajstić information content (AvgIpc) is 2.04. The van der Waals surface area contributed by atoms with Gasteiger partial charge in [0.05, 0.1) is 5.71 Å². The van der Waals surface area contributed by atoms with E-state index in [1.165, 1.54) is 7.11 Å². The van der Waals surface area contributed by atoms with Crippen LogP contribution in [0.4, 0.5) is 0 Å². The standard InChI is InChI=1S/C9H11ClN2O/c1-6-4-5-8(9(10)11-6)7(2)12-13-3/h4-5H,1-3H3/b12-7+. The summed E-state index contributed by atoms with van der Waals surface area (Å²) in [6.45, 7) is 3.71. The lowest BCUT2D eigenvalue weighted by atomic mass is 10.2. The van der Waals surface area contributed by atoms with E-state index in [0.717, 1.165) is 17.0 Å². The fraction of sp³-hybridized carbons (Fsp3) is 0.333. The smallest absolute Gasteiger partial charge is 0.138 e. The highest BCUT2D eigenvalue weighted by Crippen LogP contribution is 2.14. The van der Waals surface area contributed by atoms with Crippen LogP contribution in [0.3, 0.4) is 0 Å². The minimum absolute atomic E-state index is 0.457. The van der Waals surface area contributed by atoms with Gasteiger partial charge in [-0.1, -0.05) is 16.8 Å². The third-order valence-electron chi connectivity index (χ3n) is 1.61. The second-order valence-corrected chi connectivity index (χ2v) is 3.01. The predicted octanol–water partition coefficient (Wildman–Crippen LogP) is 2.41. The molecule has 0 aliphatic rings. The monoisotopic (exact) mass is 198 g/mol. The molecule has 70 valence electrons. The summed E-state index contributed by atoms with van der Waals surface area (Å²) in [6, 6.07) is 3.76. The molecule has 3 nitrogen and oxygen atoms in total. The number of nitrogens with zero attached hydrogens (tertiary/aromatic N) is 2. The minimum Gasteiger partial charge on any atom is -0.399 e. The van der Waals surface area contributed by atoms with Crippen LogP contribution in [-0.4, -0.2) is 17.8 Å². The second kappa shape index (κ2) is 4.23. The van der Waals surface area contributed by atoms with Crippen LogP contribution in [0, 0.1) is 6.92 Å². The van der Waals surface area contributed by atoms with Crippen molar-refractivity contribution >= 4 is 17.3 Å². The largest absolute Gasteiger partial charge is 0.399 e. The Hall–Kier alpha value is -1.09. The molecule has 0 atom stereocenters. The predicted molar refractivity (Wildman–Crippen MR) is 53.2 cm³/mol. The van der Waals surface area contributed by atoms with Crippen molar-refractivity contribution in [2.75, 3.05) is 7.11 Å². The molecule has 1 heterocycles. The zero-order valence-electron chi connectivity index (χ0n) is 7.84. The molecule has 0 unspecified atom stereocenters. The van der Waals surface area contributed by atoms with Gasteiger partial charge < -0.3 is 4.84 Å². The van der Waals surface area contributed by atoms with Gasteiger partial charge in [0, 0.05) is 11.3 Å². The normalized spacial score (nSPS) is 11.5. The van der Waals surface area contributed by atoms with E-state index in [-0.39, 0.29) is 0 Å². The topological polar surface area (TPSA) is 34.5 Å². The molecule has 1 aromatic rings. The van der Waals surface area contributed by atoms with Gasteiger partial charge in [-0.3, -0.25) is 0 Å². The second-order valence-electron chi connectivity index (χ2n) is 2.65. The van der Waals surface area contributed by atoms with E-state index in [0.29, 0.717) is 5.15 Å². The first-order valence-electron chi connectivity index (χ1n) is 3.86. The van der Waals surface area contributed by atoms with E-state index in [2.05, 4.69) is 15.0 Å². The van der Waals surface area contributed by atoms with E-state index < -0.39 is 0 Å². The van der Waals surface area contributed by atoms with E-state index >= 15 is 0 Å². The molecular weight excluding hydrogens is 188 g/mol. The Labute approximate surface area is 82.4 Å². The molecule has 4 heteroatoms. The van der Waals surface area contributed by atoms with Gasteiger partial charge in [0.15, 0.2) is 0 Å². The van der Waals surface area contributed by atoms with Crippen molar-refractivity contribution in [2.45, 2.75) is 13.8 Å². The highest BCUT2D eigenvalue weighted by atomic mass is 35.5. The van der Waals surface area contributed by atoms with Crippen LogP contribution in [-0.2, 0) is 4.84 Å². The molecule has 1 rings (SSSR count). The number of hydrogen-bond donors (Lipinski definition) is 0. The lowest BCUT2D eigenvalue weighted by molar-refractivity contribution is 0.213. The quantitative estimate of drug-likeness (QED) is 0.416. The van der Waals surface area contributed by atoms with Gasteiger partial charge in [-0.2, -0.15) is 0 Å². The van der Waals surface area contributed by atoms with Crippen molar-refractivity contribution < 1.29 is 4.84 Å². The van der Waals surface area contributed by atoms with Crippen LogP contribution < -0.4 is 0 Å². The number of rotatable bonds is 2. The number of hydrogen-bond acceptors (Lipinski definition) is 3. The maximum Gasteiger partial charge on any atom is 0.138 e. The van der Waals surface area contributed by atoms with E-state index in [1.54, 1.807) is 0 Å². The van der Waals surface area contributed by atoms with Gasteiger partial charge in [0.2, 0.25) is 0 Å². The number of aromatic nitrogens is 1. The van der Waals surface area contributed by atoms with Gasteiger partial charge in [0.25, 0.3) is 0 Å². The van der Waals surface area contributed by atoms with Crippen LogP contribution in [0.25, 0.3) is 0 Å². The Balaban J connectivity index is 3.09. The van der Waals surface area contributed by atoms with Gasteiger partial charge in [-0.05, 0) is 26.0 Å². The summed E-state index contributed by atoms with van der Waals surface area (Å²) in [4.78, 5) is 8.75. The molecule has 1 aromatic heterocycles. The van der Waals surface area contributed by atoms with Gasteiger partial charge >= 0.3 is 0 Å². The molecule has 0 saturated heterocycles. The molecule has 0 aromatic carbocycles. The highest BCUT2D eigenvalue weighted by molar-refractivity contribution is 6.32. The Morgan fingerprint density at radius 1 is 1.54 bits per heavy atom. The van der Waals surface area contributed by atoms with Crippen LogP contribution >= 0.6 is 11.6 Å². The lowest BCUT2D eigenvalue weighted by Crippen LogP contribution is -1.98. The molecule has 13 heavy (non-hydrogen) atoms. The summed E-state index contributed by atoms with van der Waals surface area (Å²) in [5.41, 5.74) is 2.41. The summed E-state index contributed by atoms with van der Waals surface area (Å²) in [5, 5.41) is 4.23. The molecule has 0 aliphatic heterocycles. The molecular formula is C9H11ClN2O. The molecule has 0 N–H and O–H groups in total. The molecule has 0 saturated carbocycles. The summed E-state index contributed by atoms with van der Waals surface area (Å²) < 4.78 is 0. The maximum absolute atomic E-state index is 5.91. The van der Waals surface area contributed by atoms with Crippen LogP contribution in [0.15, 0.2) is 17.3 Å². The van der Waals surface area contributed by atoms with Crippen molar-refractivity contribution in [3.05, 3.63) is 28.5 Å². The lowest BCUT2D eigenvalue weighted by Gasteiger charge is -2.02. The first kappa shape index (κ1) is 9.99. The number of aryl methyl sites for hydroxylation is 1. The summed E-state index contributed by atoms with van der Waals surface area (Å²) in [5.74, 6) is 0. The molecule has 0 aliphatic carbocycles. The van der Waals surface area contributed by atoms with Crippen molar-refractivity contribution in [3.63, 3.8) is 0 Å². The van der Waals surface area contributed by atoms with Gasteiger partial charge in [-0.25, -0.2) is 4.98 Å². The average molecular weight is 199 g/mol. The van der Waals surface area contributed by atoms with Crippen LogP contribution in [0.2, 0.25) is 5.15 Å². The summed E-state index contributed by atoms with van der Waals surface area (Å²) in [7, 11) is 1.50. The van der Waals surface area contributed by atoms with E-state index in [4.69, 9.17) is 11.6 Å². The first-order chi connectivity index (χ1) is 6.15. The van der Waals surface area contributed by atoms with Crippen molar-refractivity contribution in [1.29, 1.82) is 0 Å². The Kier molecular flexibility index (Phi) is 3.25. The Morgan fingerprint density at radius 3 is 2.77 bits per heavy atom. The minimum atomic E-state index is 0.457. The van der Waals surface area contributed by atoms with Crippen LogP contribution in [0.1, 0.15) is 18.2 Å².